The molecule has 1 amide bonds. The van der Waals surface area contributed by atoms with Crippen LogP contribution in [0.15, 0.2) is 60.7 Å². The molecule has 0 spiro atoms. The van der Waals surface area contributed by atoms with Crippen LogP contribution in [0.3, 0.4) is 0 Å². The molecule has 2 aromatic carbocycles. The molecule has 1 atom stereocenters. The predicted molar refractivity (Wildman–Crippen MR) is 110 cm³/mol. The van der Waals surface area contributed by atoms with Gasteiger partial charge in [0.15, 0.2) is 0 Å². The summed E-state index contributed by atoms with van der Waals surface area (Å²) < 4.78 is 10.2. The van der Waals surface area contributed by atoms with Gasteiger partial charge < -0.3 is 9.47 Å². The minimum Gasteiger partial charge on any atom is -0.468 e. The van der Waals surface area contributed by atoms with Crippen molar-refractivity contribution in [2.75, 3.05) is 7.11 Å². The number of rotatable bonds is 8. The Balaban J connectivity index is 2.39. The molecule has 0 bridgehead atoms. The number of carbonyl (C=O) groups is 3. The molecular weight excluding hydrogens is 386 g/mol. The highest BCUT2D eigenvalue weighted by atomic mass is 16.7. The van der Waals surface area contributed by atoms with E-state index in [1.807, 2.05) is 6.07 Å². The maximum atomic E-state index is 13.2. The molecule has 0 aliphatic carbocycles. The molecule has 7 heteroatoms. The summed E-state index contributed by atoms with van der Waals surface area (Å²) in [6, 6.07) is 17.7. The van der Waals surface area contributed by atoms with Gasteiger partial charge in [0.25, 0.3) is 5.91 Å². The molecule has 0 aliphatic heterocycles. The van der Waals surface area contributed by atoms with Crippen LogP contribution >= 0.6 is 0 Å². The van der Waals surface area contributed by atoms with Crippen LogP contribution < -0.4 is 5.48 Å². The quantitative estimate of drug-likeness (QED) is 0.406. The lowest BCUT2D eigenvalue weighted by molar-refractivity contribution is -0.182. The Morgan fingerprint density at radius 3 is 1.87 bits per heavy atom. The summed E-state index contributed by atoms with van der Waals surface area (Å²) in [5, 5.41) is 0. The zero-order chi connectivity index (χ0) is 22.2. The van der Waals surface area contributed by atoms with Crippen LogP contribution in [0.2, 0.25) is 0 Å². The topological polar surface area (TPSA) is 90.9 Å². The molecule has 0 saturated heterocycles. The number of benzene rings is 2. The van der Waals surface area contributed by atoms with Crippen molar-refractivity contribution in [2.45, 2.75) is 39.4 Å². The monoisotopic (exact) mass is 413 g/mol. The van der Waals surface area contributed by atoms with Gasteiger partial charge in [-0.1, -0.05) is 60.7 Å². The standard InChI is InChI=1S/C23H27NO6/c1-22(2,3)30-24-19(25)23(20(26)28-4,15-17-11-7-5-8-12-17)21(27)29-16-18-13-9-6-10-14-18/h5-14H,15-16H2,1-4H3,(H,24,25). The Bertz CT molecular complexity index is 860. The minimum atomic E-state index is -2.27. The van der Waals surface area contributed by atoms with Crippen LogP contribution in [-0.4, -0.2) is 30.6 Å². The summed E-state index contributed by atoms with van der Waals surface area (Å²) in [7, 11) is 1.12. The van der Waals surface area contributed by atoms with E-state index < -0.39 is 28.9 Å². The summed E-state index contributed by atoms with van der Waals surface area (Å²) in [5.74, 6) is -3.00. The zero-order valence-electron chi connectivity index (χ0n) is 17.6. The molecule has 7 nitrogen and oxygen atoms in total. The Labute approximate surface area is 176 Å². The van der Waals surface area contributed by atoms with Crippen molar-refractivity contribution in [1.29, 1.82) is 0 Å². The third-order valence-corrected chi connectivity index (χ3v) is 4.24. The van der Waals surface area contributed by atoms with Gasteiger partial charge in [-0.2, -0.15) is 0 Å². The van der Waals surface area contributed by atoms with Crippen molar-refractivity contribution >= 4 is 17.8 Å². The van der Waals surface area contributed by atoms with Crippen LogP contribution in [0.1, 0.15) is 31.9 Å². The molecule has 0 radical (unpaired) electrons. The van der Waals surface area contributed by atoms with E-state index in [0.29, 0.717) is 5.56 Å². The number of amides is 1. The summed E-state index contributed by atoms with van der Waals surface area (Å²) in [6.45, 7) is 5.06. The van der Waals surface area contributed by atoms with Gasteiger partial charge in [-0.3, -0.25) is 19.2 Å². The van der Waals surface area contributed by atoms with Crippen molar-refractivity contribution in [3.8, 4) is 0 Å². The van der Waals surface area contributed by atoms with E-state index in [9.17, 15) is 14.4 Å². The van der Waals surface area contributed by atoms with Gasteiger partial charge in [-0.05, 0) is 31.9 Å². The first kappa shape index (κ1) is 23.1. The second kappa shape index (κ2) is 10.0. The molecule has 2 rings (SSSR count). The zero-order valence-corrected chi connectivity index (χ0v) is 17.6. The van der Waals surface area contributed by atoms with Crippen molar-refractivity contribution in [1.82, 2.24) is 5.48 Å². The number of hydrogen-bond acceptors (Lipinski definition) is 6. The van der Waals surface area contributed by atoms with Crippen LogP contribution in [0.5, 0.6) is 0 Å². The Morgan fingerprint density at radius 2 is 1.37 bits per heavy atom. The van der Waals surface area contributed by atoms with E-state index >= 15 is 0 Å². The number of esters is 2. The summed E-state index contributed by atoms with van der Waals surface area (Å²) in [4.78, 5) is 44.4. The number of hydroxylamine groups is 1. The molecule has 30 heavy (non-hydrogen) atoms. The van der Waals surface area contributed by atoms with Crippen molar-refractivity contribution in [2.24, 2.45) is 5.41 Å². The summed E-state index contributed by atoms with van der Waals surface area (Å²) in [5.41, 5.74) is 0.539. The van der Waals surface area contributed by atoms with Gasteiger partial charge in [0.1, 0.15) is 6.61 Å². The van der Waals surface area contributed by atoms with E-state index in [1.165, 1.54) is 0 Å². The fourth-order valence-corrected chi connectivity index (χ4v) is 2.70. The Hall–Kier alpha value is -3.19. The fraction of sp³-hybridized carbons (Fsp3) is 0.348. The van der Waals surface area contributed by atoms with E-state index in [-0.39, 0.29) is 13.0 Å². The lowest BCUT2D eigenvalue weighted by Crippen LogP contribution is -2.55. The van der Waals surface area contributed by atoms with Gasteiger partial charge in [0, 0.05) is 6.42 Å². The lowest BCUT2D eigenvalue weighted by atomic mass is 9.80. The number of hydrogen-bond donors (Lipinski definition) is 1. The van der Waals surface area contributed by atoms with E-state index in [4.69, 9.17) is 14.3 Å². The second-order valence-electron chi connectivity index (χ2n) is 7.77. The first-order chi connectivity index (χ1) is 14.2. The molecular formula is C23H27NO6. The van der Waals surface area contributed by atoms with Crippen LogP contribution in [0, 0.1) is 5.41 Å². The molecule has 0 fully saturated rings. The second-order valence-corrected chi connectivity index (χ2v) is 7.77. The lowest BCUT2D eigenvalue weighted by Gasteiger charge is -2.29. The van der Waals surface area contributed by atoms with Crippen molar-refractivity contribution in [3.05, 3.63) is 71.8 Å². The summed E-state index contributed by atoms with van der Waals surface area (Å²) >= 11 is 0. The van der Waals surface area contributed by atoms with E-state index in [2.05, 4.69) is 5.48 Å². The van der Waals surface area contributed by atoms with Crippen LogP contribution in [0.4, 0.5) is 0 Å². The maximum Gasteiger partial charge on any atom is 0.334 e. The molecule has 2 aromatic rings. The largest absolute Gasteiger partial charge is 0.468 e. The summed E-state index contributed by atoms with van der Waals surface area (Å²) in [6.07, 6.45) is -0.243. The third-order valence-electron chi connectivity index (χ3n) is 4.24. The highest BCUT2D eigenvalue weighted by Crippen LogP contribution is 2.29. The highest BCUT2D eigenvalue weighted by Gasteiger charge is 2.56. The average molecular weight is 413 g/mol. The molecule has 0 aliphatic rings. The smallest absolute Gasteiger partial charge is 0.334 e. The number of carbonyl (C=O) groups excluding carboxylic acids is 3. The first-order valence-electron chi connectivity index (χ1n) is 9.51. The number of methoxy groups -OCH3 is 1. The van der Waals surface area contributed by atoms with Crippen molar-refractivity contribution < 1.29 is 28.7 Å². The Kier molecular flexibility index (Phi) is 7.72. The normalized spacial score (nSPS) is 13.1. The predicted octanol–water partition coefficient (Wildman–Crippen LogP) is 2.98. The first-order valence-corrected chi connectivity index (χ1v) is 9.51. The van der Waals surface area contributed by atoms with Gasteiger partial charge in [0.2, 0.25) is 5.41 Å². The van der Waals surface area contributed by atoms with Crippen LogP contribution in [0.25, 0.3) is 0 Å². The van der Waals surface area contributed by atoms with Gasteiger partial charge in [-0.15, -0.1) is 0 Å². The molecule has 0 saturated carbocycles. The average Bonchev–Trinajstić information content (AvgIpc) is 2.74. The molecule has 1 N–H and O–H groups in total. The van der Waals surface area contributed by atoms with Gasteiger partial charge in [0.05, 0.1) is 12.7 Å². The Morgan fingerprint density at radius 1 is 0.833 bits per heavy atom. The number of nitrogens with one attached hydrogen (secondary N) is 1. The third kappa shape index (κ3) is 5.90. The van der Waals surface area contributed by atoms with E-state index in [1.54, 1.807) is 75.4 Å². The van der Waals surface area contributed by atoms with Gasteiger partial charge >= 0.3 is 11.9 Å². The molecule has 0 heterocycles. The van der Waals surface area contributed by atoms with E-state index in [0.717, 1.165) is 12.7 Å². The van der Waals surface area contributed by atoms with Gasteiger partial charge in [-0.25, -0.2) is 5.48 Å². The molecule has 160 valence electrons. The van der Waals surface area contributed by atoms with Crippen molar-refractivity contribution in [3.63, 3.8) is 0 Å². The molecule has 0 aromatic heterocycles. The minimum absolute atomic E-state index is 0.0966. The SMILES string of the molecule is COC(=O)C(Cc1ccccc1)(C(=O)NOC(C)(C)C)C(=O)OCc1ccccc1. The maximum absolute atomic E-state index is 13.2. The highest BCUT2D eigenvalue weighted by molar-refractivity contribution is 6.19. The number of ether oxygens (including phenoxy) is 2. The fourth-order valence-electron chi connectivity index (χ4n) is 2.70. The van der Waals surface area contributed by atoms with Crippen LogP contribution in [-0.2, 0) is 41.7 Å². The molecule has 1 unspecified atom stereocenters.